The van der Waals surface area contributed by atoms with E-state index in [9.17, 15) is 9.18 Å². The first kappa shape index (κ1) is 16.6. The van der Waals surface area contributed by atoms with Crippen molar-refractivity contribution >= 4 is 23.1 Å². The Labute approximate surface area is 145 Å². The van der Waals surface area contributed by atoms with E-state index in [0.717, 1.165) is 11.4 Å². The molecule has 0 saturated heterocycles. The fraction of sp³-hybridized carbons (Fsp3) is 0.100. The fourth-order valence-electron chi connectivity index (χ4n) is 2.36. The number of nitrogens with one attached hydrogen (secondary N) is 2. The number of pyridine rings is 1. The van der Waals surface area contributed by atoms with Crippen LogP contribution in [0.3, 0.4) is 0 Å². The van der Waals surface area contributed by atoms with Crippen molar-refractivity contribution in [3.8, 4) is 0 Å². The summed E-state index contributed by atoms with van der Waals surface area (Å²) in [5.74, 6) is -0.729. The number of carbonyl (C=O) groups excluding carboxylic acids is 1. The number of anilines is 3. The maximum Gasteiger partial charge on any atom is 0.259 e. The zero-order valence-corrected chi connectivity index (χ0v) is 14.0. The van der Waals surface area contributed by atoms with Crippen LogP contribution in [0.2, 0.25) is 0 Å². The third-order valence-corrected chi connectivity index (χ3v) is 3.92. The molecule has 0 aliphatic heterocycles. The van der Waals surface area contributed by atoms with Crippen LogP contribution in [0, 0.1) is 19.7 Å². The average molecular weight is 335 g/mol. The fourth-order valence-corrected chi connectivity index (χ4v) is 2.36. The van der Waals surface area contributed by atoms with Crippen LogP contribution in [0.5, 0.6) is 0 Å². The SMILES string of the molecule is Cc1ccc(Nc2ccc(NC(=O)c3ccccc3F)nc2)cc1C. The van der Waals surface area contributed by atoms with Crippen molar-refractivity contribution < 1.29 is 9.18 Å². The molecule has 0 saturated carbocycles. The molecule has 0 fully saturated rings. The Morgan fingerprint density at radius 2 is 1.72 bits per heavy atom. The Kier molecular flexibility index (Phi) is 4.75. The number of amides is 1. The minimum Gasteiger partial charge on any atom is -0.354 e. The van der Waals surface area contributed by atoms with Gasteiger partial charge in [0.05, 0.1) is 17.4 Å². The molecule has 0 atom stereocenters. The van der Waals surface area contributed by atoms with Crippen molar-refractivity contribution in [3.05, 3.63) is 83.3 Å². The second-order valence-corrected chi connectivity index (χ2v) is 5.79. The van der Waals surface area contributed by atoms with E-state index in [1.165, 1.54) is 29.3 Å². The molecule has 0 unspecified atom stereocenters. The minimum absolute atomic E-state index is 0.0124. The first-order valence-electron chi connectivity index (χ1n) is 7.89. The highest BCUT2D eigenvalue weighted by molar-refractivity contribution is 6.03. The number of halogens is 1. The first-order valence-corrected chi connectivity index (χ1v) is 7.89. The predicted octanol–water partition coefficient (Wildman–Crippen LogP) is 4.83. The van der Waals surface area contributed by atoms with Gasteiger partial charge in [0.15, 0.2) is 0 Å². The highest BCUT2D eigenvalue weighted by Crippen LogP contribution is 2.20. The highest BCUT2D eigenvalue weighted by atomic mass is 19.1. The number of rotatable bonds is 4. The monoisotopic (exact) mass is 335 g/mol. The lowest BCUT2D eigenvalue weighted by atomic mass is 10.1. The molecule has 1 aromatic heterocycles. The number of hydrogen-bond acceptors (Lipinski definition) is 3. The van der Waals surface area contributed by atoms with Gasteiger partial charge in [-0.15, -0.1) is 0 Å². The molecule has 1 amide bonds. The van der Waals surface area contributed by atoms with Crippen LogP contribution in [0.15, 0.2) is 60.8 Å². The smallest absolute Gasteiger partial charge is 0.259 e. The van der Waals surface area contributed by atoms with Crippen molar-refractivity contribution in [1.82, 2.24) is 4.98 Å². The lowest BCUT2D eigenvalue weighted by molar-refractivity contribution is 0.102. The number of nitrogens with zero attached hydrogens (tertiary/aromatic N) is 1. The van der Waals surface area contributed by atoms with Crippen LogP contribution in [0.25, 0.3) is 0 Å². The second kappa shape index (κ2) is 7.13. The standard InChI is InChI=1S/C20H18FN3O/c1-13-7-8-15(11-14(13)2)23-16-9-10-19(22-12-16)24-20(25)17-5-3-4-6-18(17)21/h3-12,23H,1-2H3,(H,22,24,25). The van der Waals surface area contributed by atoms with Crippen LogP contribution in [-0.2, 0) is 0 Å². The van der Waals surface area contributed by atoms with E-state index in [0.29, 0.717) is 5.82 Å². The predicted molar refractivity (Wildman–Crippen MR) is 97.8 cm³/mol. The molecule has 5 heteroatoms. The summed E-state index contributed by atoms with van der Waals surface area (Å²) < 4.78 is 13.6. The summed E-state index contributed by atoms with van der Waals surface area (Å²) in [5.41, 5.74) is 4.18. The van der Waals surface area contributed by atoms with Crippen LogP contribution >= 0.6 is 0 Å². The quantitative estimate of drug-likeness (QED) is 0.718. The zero-order chi connectivity index (χ0) is 17.8. The summed E-state index contributed by atoms with van der Waals surface area (Å²) in [7, 11) is 0. The molecule has 3 aromatic rings. The Morgan fingerprint density at radius 3 is 2.40 bits per heavy atom. The molecule has 4 nitrogen and oxygen atoms in total. The lowest BCUT2D eigenvalue weighted by Gasteiger charge is -2.10. The summed E-state index contributed by atoms with van der Waals surface area (Å²) in [6, 6.07) is 15.4. The van der Waals surface area contributed by atoms with Crippen molar-refractivity contribution in [2.75, 3.05) is 10.6 Å². The second-order valence-electron chi connectivity index (χ2n) is 5.79. The Bertz CT molecular complexity index is 907. The molecule has 2 N–H and O–H groups in total. The number of carbonyl (C=O) groups is 1. The van der Waals surface area contributed by atoms with Gasteiger partial charge in [-0.05, 0) is 61.4 Å². The van der Waals surface area contributed by atoms with E-state index in [-0.39, 0.29) is 5.56 Å². The molecule has 2 aromatic carbocycles. The molecule has 0 radical (unpaired) electrons. The summed E-state index contributed by atoms with van der Waals surface area (Å²) in [6.45, 7) is 4.12. The van der Waals surface area contributed by atoms with E-state index < -0.39 is 11.7 Å². The molecule has 126 valence electrons. The van der Waals surface area contributed by atoms with E-state index in [1.54, 1.807) is 24.4 Å². The maximum atomic E-state index is 13.6. The average Bonchev–Trinajstić information content (AvgIpc) is 2.60. The zero-order valence-electron chi connectivity index (χ0n) is 14.0. The molecule has 0 aliphatic carbocycles. The molecule has 0 aliphatic rings. The Morgan fingerprint density at radius 1 is 0.960 bits per heavy atom. The van der Waals surface area contributed by atoms with E-state index in [4.69, 9.17) is 0 Å². The van der Waals surface area contributed by atoms with Crippen molar-refractivity contribution in [2.45, 2.75) is 13.8 Å². The van der Waals surface area contributed by atoms with Crippen LogP contribution in [0.1, 0.15) is 21.5 Å². The number of aromatic nitrogens is 1. The van der Waals surface area contributed by atoms with Gasteiger partial charge in [0, 0.05) is 5.69 Å². The van der Waals surface area contributed by atoms with E-state index in [2.05, 4.69) is 35.5 Å². The van der Waals surface area contributed by atoms with Gasteiger partial charge in [0.2, 0.25) is 0 Å². The molecule has 1 heterocycles. The van der Waals surface area contributed by atoms with E-state index in [1.807, 2.05) is 12.1 Å². The highest BCUT2D eigenvalue weighted by Gasteiger charge is 2.11. The first-order chi connectivity index (χ1) is 12.0. The minimum atomic E-state index is -0.562. The van der Waals surface area contributed by atoms with Gasteiger partial charge in [0.1, 0.15) is 11.6 Å². The van der Waals surface area contributed by atoms with Gasteiger partial charge in [-0.1, -0.05) is 18.2 Å². The van der Waals surface area contributed by atoms with Crippen molar-refractivity contribution in [3.63, 3.8) is 0 Å². The molecule has 3 rings (SSSR count). The number of hydrogen-bond donors (Lipinski definition) is 2. The van der Waals surface area contributed by atoms with Crippen LogP contribution in [-0.4, -0.2) is 10.9 Å². The van der Waals surface area contributed by atoms with Crippen LogP contribution in [0.4, 0.5) is 21.6 Å². The molecule has 0 spiro atoms. The Hall–Kier alpha value is -3.21. The van der Waals surface area contributed by atoms with Gasteiger partial charge in [-0.2, -0.15) is 0 Å². The molecule has 25 heavy (non-hydrogen) atoms. The summed E-state index contributed by atoms with van der Waals surface area (Å²) in [6.07, 6.45) is 1.62. The summed E-state index contributed by atoms with van der Waals surface area (Å²) in [5, 5.41) is 5.85. The third kappa shape index (κ3) is 4.01. The van der Waals surface area contributed by atoms with Gasteiger partial charge < -0.3 is 10.6 Å². The Balaban J connectivity index is 1.69. The largest absolute Gasteiger partial charge is 0.354 e. The third-order valence-electron chi connectivity index (χ3n) is 3.92. The van der Waals surface area contributed by atoms with Gasteiger partial charge in [-0.3, -0.25) is 4.79 Å². The molecule has 0 bridgehead atoms. The van der Waals surface area contributed by atoms with Crippen molar-refractivity contribution in [1.29, 1.82) is 0 Å². The van der Waals surface area contributed by atoms with Gasteiger partial charge in [0.25, 0.3) is 5.91 Å². The normalized spacial score (nSPS) is 10.4. The van der Waals surface area contributed by atoms with Gasteiger partial charge >= 0.3 is 0 Å². The lowest BCUT2D eigenvalue weighted by Crippen LogP contribution is -2.14. The maximum absolute atomic E-state index is 13.6. The van der Waals surface area contributed by atoms with Crippen molar-refractivity contribution in [2.24, 2.45) is 0 Å². The topological polar surface area (TPSA) is 54.0 Å². The van der Waals surface area contributed by atoms with Gasteiger partial charge in [-0.25, -0.2) is 9.37 Å². The number of benzene rings is 2. The summed E-state index contributed by atoms with van der Waals surface area (Å²) in [4.78, 5) is 16.3. The van der Waals surface area contributed by atoms with Crippen LogP contribution < -0.4 is 10.6 Å². The molecular weight excluding hydrogens is 317 g/mol. The summed E-state index contributed by atoms with van der Waals surface area (Å²) >= 11 is 0. The molecular formula is C20H18FN3O. The number of aryl methyl sites for hydroxylation is 2. The van der Waals surface area contributed by atoms with E-state index >= 15 is 0 Å².